The molecule has 0 aliphatic carbocycles. The second-order valence-electron chi connectivity index (χ2n) is 4.22. The number of anilines is 3. The van der Waals surface area contributed by atoms with Gasteiger partial charge in [-0.25, -0.2) is 9.78 Å². The Morgan fingerprint density at radius 3 is 2.85 bits per heavy atom. The zero-order valence-electron chi connectivity index (χ0n) is 11.1. The van der Waals surface area contributed by atoms with Crippen LogP contribution in [0.25, 0.3) is 0 Å². The molecule has 0 unspecified atom stereocenters. The number of pyridine rings is 1. The van der Waals surface area contributed by atoms with E-state index in [4.69, 9.17) is 5.73 Å². The number of nitrogens with zero attached hydrogens (tertiary/aromatic N) is 1. The van der Waals surface area contributed by atoms with E-state index in [1.807, 2.05) is 25.1 Å². The van der Waals surface area contributed by atoms with E-state index in [2.05, 4.69) is 31.0 Å². The molecule has 6 heteroatoms. The normalized spacial score (nSPS) is 10.2. The van der Waals surface area contributed by atoms with Crippen LogP contribution in [0.2, 0.25) is 0 Å². The van der Waals surface area contributed by atoms with Crippen molar-refractivity contribution in [3.05, 3.63) is 46.1 Å². The summed E-state index contributed by atoms with van der Waals surface area (Å²) in [4.78, 5) is 15.7. The number of halogens is 1. The van der Waals surface area contributed by atoms with Gasteiger partial charge in [0, 0.05) is 10.7 Å². The number of nitrogens with two attached hydrogens (primary N) is 1. The molecule has 5 nitrogen and oxygen atoms in total. The van der Waals surface area contributed by atoms with Crippen LogP contribution in [0.5, 0.6) is 0 Å². The zero-order valence-corrected chi connectivity index (χ0v) is 12.7. The van der Waals surface area contributed by atoms with Gasteiger partial charge >= 0.3 is 5.97 Å². The summed E-state index contributed by atoms with van der Waals surface area (Å²) in [5.74, 6) is -0.0737. The SMILES string of the molecule is COC(=O)c1ccnc(Nc2cc(C)ccc2Br)c1N. The molecular weight excluding hydrogens is 322 g/mol. The molecule has 2 rings (SSSR count). The van der Waals surface area contributed by atoms with Crippen LogP contribution in [-0.2, 0) is 4.74 Å². The molecule has 3 N–H and O–H groups in total. The minimum absolute atomic E-state index is 0.257. The lowest BCUT2D eigenvalue weighted by atomic mass is 10.2. The minimum Gasteiger partial charge on any atom is -0.465 e. The van der Waals surface area contributed by atoms with Crippen molar-refractivity contribution in [3.8, 4) is 0 Å². The van der Waals surface area contributed by atoms with Crippen molar-refractivity contribution in [2.45, 2.75) is 6.92 Å². The summed E-state index contributed by atoms with van der Waals surface area (Å²) >= 11 is 3.45. The predicted molar refractivity (Wildman–Crippen MR) is 82.2 cm³/mol. The molecule has 1 heterocycles. The van der Waals surface area contributed by atoms with E-state index in [1.165, 1.54) is 19.4 Å². The lowest BCUT2D eigenvalue weighted by molar-refractivity contribution is 0.0602. The first-order chi connectivity index (χ1) is 9.52. The van der Waals surface area contributed by atoms with Crippen molar-refractivity contribution in [2.75, 3.05) is 18.2 Å². The van der Waals surface area contributed by atoms with Crippen LogP contribution in [-0.4, -0.2) is 18.1 Å². The van der Waals surface area contributed by atoms with Gasteiger partial charge in [0.2, 0.25) is 0 Å². The molecule has 0 fully saturated rings. The van der Waals surface area contributed by atoms with Crippen molar-refractivity contribution in [1.82, 2.24) is 4.98 Å². The summed E-state index contributed by atoms with van der Waals surface area (Å²) in [6.07, 6.45) is 1.51. The van der Waals surface area contributed by atoms with Crippen LogP contribution in [0.15, 0.2) is 34.9 Å². The number of carbonyl (C=O) groups excluding carboxylic acids is 1. The number of benzene rings is 1. The van der Waals surface area contributed by atoms with Gasteiger partial charge in [-0.3, -0.25) is 0 Å². The molecule has 0 aliphatic heterocycles. The summed E-state index contributed by atoms with van der Waals surface area (Å²) in [6, 6.07) is 7.39. The molecule has 0 saturated carbocycles. The first kappa shape index (κ1) is 14.3. The fourth-order valence-corrected chi connectivity index (χ4v) is 2.07. The highest BCUT2D eigenvalue weighted by molar-refractivity contribution is 9.10. The summed E-state index contributed by atoms with van der Waals surface area (Å²) in [5, 5.41) is 3.11. The number of hydrogen-bond donors (Lipinski definition) is 2. The van der Waals surface area contributed by atoms with Crippen molar-refractivity contribution < 1.29 is 9.53 Å². The maximum atomic E-state index is 11.6. The Morgan fingerprint density at radius 1 is 1.40 bits per heavy atom. The number of esters is 1. The average molecular weight is 336 g/mol. The standard InChI is InChI=1S/C14H14BrN3O2/c1-8-3-4-10(15)11(7-8)18-13-12(16)9(5-6-17-13)14(19)20-2/h3-7H,16H2,1-2H3,(H,17,18). The van der Waals surface area contributed by atoms with Gasteiger partial charge in [0.15, 0.2) is 5.82 Å². The van der Waals surface area contributed by atoms with Crippen LogP contribution in [0.3, 0.4) is 0 Å². The quantitative estimate of drug-likeness (QED) is 0.842. The molecule has 0 amide bonds. The molecule has 0 spiro atoms. The van der Waals surface area contributed by atoms with Crippen molar-refractivity contribution in [2.24, 2.45) is 0 Å². The van der Waals surface area contributed by atoms with Gasteiger partial charge in [-0.2, -0.15) is 0 Å². The Morgan fingerprint density at radius 2 is 2.15 bits per heavy atom. The lowest BCUT2D eigenvalue weighted by Gasteiger charge is -2.12. The molecule has 0 radical (unpaired) electrons. The Bertz CT molecular complexity index is 659. The van der Waals surface area contributed by atoms with Gasteiger partial charge < -0.3 is 15.8 Å². The third-order valence-corrected chi connectivity index (χ3v) is 3.46. The van der Waals surface area contributed by atoms with E-state index < -0.39 is 5.97 Å². The van der Waals surface area contributed by atoms with Crippen LogP contribution in [0, 0.1) is 6.92 Å². The molecule has 0 aliphatic rings. The average Bonchev–Trinajstić information content (AvgIpc) is 2.44. The first-order valence-corrected chi connectivity index (χ1v) is 6.68. The predicted octanol–water partition coefficient (Wildman–Crippen LogP) is 3.26. The fraction of sp³-hybridized carbons (Fsp3) is 0.143. The molecule has 104 valence electrons. The maximum Gasteiger partial charge on any atom is 0.340 e. The molecular formula is C14H14BrN3O2. The molecule has 1 aromatic carbocycles. The number of aromatic nitrogens is 1. The minimum atomic E-state index is -0.490. The van der Waals surface area contributed by atoms with Crippen molar-refractivity contribution in [3.63, 3.8) is 0 Å². The zero-order chi connectivity index (χ0) is 14.7. The third-order valence-electron chi connectivity index (χ3n) is 2.77. The maximum absolute atomic E-state index is 11.6. The topological polar surface area (TPSA) is 77.2 Å². The van der Waals surface area contributed by atoms with E-state index in [0.29, 0.717) is 5.82 Å². The van der Waals surface area contributed by atoms with E-state index in [0.717, 1.165) is 15.7 Å². The second-order valence-corrected chi connectivity index (χ2v) is 5.08. The number of rotatable bonds is 3. The van der Waals surface area contributed by atoms with E-state index in [-0.39, 0.29) is 11.3 Å². The number of carbonyl (C=O) groups is 1. The Hall–Kier alpha value is -2.08. The van der Waals surface area contributed by atoms with Crippen molar-refractivity contribution >= 4 is 39.1 Å². The smallest absolute Gasteiger partial charge is 0.340 e. The number of ether oxygens (including phenoxy) is 1. The molecule has 2 aromatic rings. The Kier molecular flexibility index (Phi) is 4.24. The summed E-state index contributed by atoms with van der Waals surface area (Å²) in [5.41, 5.74) is 8.42. The number of aryl methyl sites for hydroxylation is 1. The third kappa shape index (κ3) is 2.91. The van der Waals surface area contributed by atoms with Crippen LogP contribution in [0.4, 0.5) is 17.2 Å². The van der Waals surface area contributed by atoms with E-state index in [1.54, 1.807) is 0 Å². The summed E-state index contributed by atoms with van der Waals surface area (Å²) in [6.45, 7) is 1.99. The monoisotopic (exact) mass is 335 g/mol. The van der Waals surface area contributed by atoms with E-state index >= 15 is 0 Å². The van der Waals surface area contributed by atoms with Gasteiger partial charge in [-0.05, 0) is 46.6 Å². The number of nitrogens with one attached hydrogen (secondary N) is 1. The van der Waals surface area contributed by atoms with Gasteiger partial charge in [0.05, 0.1) is 24.0 Å². The highest BCUT2D eigenvalue weighted by atomic mass is 79.9. The largest absolute Gasteiger partial charge is 0.465 e. The molecule has 20 heavy (non-hydrogen) atoms. The molecule has 1 aromatic heterocycles. The number of hydrogen-bond acceptors (Lipinski definition) is 5. The molecule has 0 bridgehead atoms. The van der Waals surface area contributed by atoms with Gasteiger partial charge in [0.1, 0.15) is 0 Å². The van der Waals surface area contributed by atoms with Crippen molar-refractivity contribution in [1.29, 1.82) is 0 Å². The van der Waals surface area contributed by atoms with Gasteiger partial charge in [-0.1, -0.05) is 6.07 Å². The highest BCUT2D eigenvalue weighted by Crippen LogP contribution is 2.29. The van der Waals surface area contributed by atoms with Gasteiger partial charge in [0.25, 0.3) is 0 Å². The van der Waals surface area contributed by atoms with Crippen LogP contribution >= 0.6 is 15.9 Å². The summed E-state index contributed by atoms with van der Waals surface area (Å²) < 4.78 is 5.56. The molecule has 0 saturated heterocycles. The van der Waals surface area contributed by atoms with E-state index in [9.17, 15) is 4.79 Å². The first-order valence-electron chi connectivity index (χ1n) is 5.89. The Labute approximate surface area is 125 Å². The number of nitrogen functional groups attached to an aromatic ring is 1. The Balaban J connectivity index is 2.39. The number of methoxy groups -OCH3 is 1. The van der Waals surface area contributed by atoms with Crippen LogP contribution < -0.4 is 11.1 Å². The molecule has 0 atom stereocenters. The van der Waals surface area contributed by atoms with Gasteiger partial charge in [-0.15, -0.1) is 0 Å². The van der Waals surface area contributed by atoms with Crippen LogP contribution in [0.1, 0.15) is 15.9 Å². The highest BCUT2D eigenvalue weighted by Gasteiger charge is 2.14. The lowest BCUT2D eigenvalue weighted by Crippen LogP contribution is -2.09. The second kappa shape index (κ2) is 5.92. The fourth-order valence-electron chi connectivity index (χ4n) is 1.72. The summed E-state index contributed by atoms with van der Waals surface area (Å²) in [7, 11) is 1.31.